The Morgan fingerprint density at radius 3 is 2.86 bits per heavy atom. The Kier molecular flexibility index (Phi) is 1.37. The smallest absolute Gasteiger partial charge is 0.0950 e. The summed E-state index contributed by atoms with van der Waals surface area (Å²) in [5.74, 6) is 0. The van der Waals surface area contributed by atoms with Gasteiger partial charge in [-0.25, -0.2) is 0 Å². The maximum Gasteiger partial charge on any atom is 0.0950 e. The topological polar surface area (TPSA) is 24.1 Å². The first kappa shape index (κ1) is 8.30. The number of hydrogen-bond donors (Lipinski definition) is 2. The summed E-state index contributed by atoms with van der Waals surface area (Å²) in [6.45, 7) is 5.72. The van der Waals surface area contributed by atoms with Crippen LogP contribution in [0.2, 0.25) is 0 Å². The minimum absolute atomic E-state index is 0.0523. The summed E-state index contributed by atoms with van der Waals surface area (Å²) in [5.41, 5.74) is 3.07. The van der Waals surface area contributed by atoms with Gasteiger partial charge >= 0.3 is 0 Å². The molecule has 74 valence electrons. The molecule has 2 atom stereocenters. The van der Waals surface area contributed by atoms with Crippen LogP contribution in [0.15, 0.2) is 24.3 Å². The molecule has 2 heterocycles. The number of rotatable bonds is 0. The second-order valence-electron chi connectivity index (χ2n) is 4.80. The molecule has 0 unspecified atom stereocenters. The molecule has 1 aromatic rings. The predicted octanol–water partition coefficient (Wildman–Crippen LogP) is 2.08. The molecule has 14 heavy (non-hydrogen) atoms. The second kappa shape index (κ2) is 2.31. The summed E-state index contributed by atoms with van der Waals surface area (Å²) in [5, 5.41) is 7.17. The quantitative estimate of drug-likeness (QED) is 0.651. The molecular weight excluding hydrogens is 172 g/mol. The molecule has 0 saturated carbocycles. The first-order valence-electron chi connectivity index (χ1n) is 5.28. The third-order valence-electron chi connectivity index (χ3n) is 4.11. The van der Waals surface area contributed by atoms with Gasteiger partial charge in [0.15, 0.2) is 0 Å². The molecule has 3 rings (SSSR count). The van der Waals surface area contributed by atoms with Crippen LogP contribution >= 0.6 is 0 Å². The average molecular weight is 188 g/mol. The maximum atomic E-state index is 3.60. The minimum Gasteiger partial charge on any atom is -0.366 e. The molecule has 2 nitrogen and oxygen atoms in total. The summed E-state index contributed by atoms with van der Waals surface area (Å²) < 4.78 is 0. The molecule has 2 aliphatic rings. The minimum atomic E-state index is 0.0523. The highest BCUT2D eigenvalue weighted by molar-refractivity contribution is 5.64. The van der Waals surface area contributed by atoms with Gasteiger partial charge in [0.05, 0.1) is 5.66 Å². The molecule has 1 saturated heterocycles. The van der Waals surface area contributed by atoms with E-state index >= 15 is 0 Å². The van der Waals surface area contributed by atoms with Crippen LogP contribution in [0.3, 0.4) is 0 Å². The van der Waals surface area contributed by atoms with E-state index in [0.29, 0.717) is 0 Å². The van der Waals surface area contributed by atoms with Crippen LogP contribution in [0.4, 0.5) is 5.69 Å². The lowest BCUT2D eigenvalue weighted by Gasteiger charge is -2.34. The molecule has 0 bridgehead atoms. The predicted molar refractivity (Wildman–Crippen MR) is 58.4 cm³/mol. The first-order valence-corrected chi connectivity index (χ1v) is 5.28. The summed E-state index contributed by atoms with van der Waals surface area (Å²) in [7, 11) is 0. The van der Waals surface area contributed by atoms with Gasteiger partial charge in [0.25, 0.3) is 0 Å². The molecule has 2 aliphatic heterocycles. The highest BCUT2D eigenvalue weighted by Gasteiger charge is 2.54. The van der Waals surface area contributed by atoms with E-state index in [1.807, 2.05) is 0 Å². The van der Waals surface area contributed by atoms with E-state index in [0.717, 1.165) is 6.54 Å². The highest BCUT2D eigenvalue weighted by Crippen LogP contribution is 2.50. The Labute approximate surface area is 84.7 Å². The van der Waals surface area contributed by atoms with Crippen LogP contribution in [-0.2, 0) is 5.41 Å². The van der Waals surface area contributed by atoms with Gasteiger partial charge in [0, 0.05) is 11.1 Å². The molecule has 0 amide bonds. The molecule has 0 aromatic heterocycles. The van der Waals surface area contributed by atoms with Crippen molar-refractivity contribution in [3.05, 3.63) is 29.8 Å². The van der Waals surface area contributed by atoms with Crippen LogP contribution in [0.25, 0.3) is 0 Å². The van der Waals surface area contributed by atoms with Crippen molar-refractivity contribution in [1.82, 2.24) is 5.32 Å². The van der Waals surface area contributed by atoms with Crippen molar-refractivity contribution in [3.8, 4) is 0 Å². The molecular formula is C12H16N2. The van der Waals surface area contributed by atoms with Gasteiger partial charge in [0.1, 0.15) is 0 Å². The highest BCUT2D eigenvalue weighted by atomic mass is 15.3. The van der Waals surface area contributed by atoms with Gasteiger partial charge in [-0.15, -0.1) is 0 Å². The Morgan fingerprint density at radius 2 is 2.00 bits per heavy atom. The number of para-hydroxylation sites is 1. The van der Waals surface area contributed by atoms with Crippen LogP contribution in [0, 0.1) is 0 Å². The van der Waals surface area contributed by atoms with Gasteiger partial charge in [0.2, 0.25) is 0 Å². The molecule has 2 heteroatoms. The Hall–Kier alpha value is -1.02. The van der Waals surface area contributed by atoms with E-state index in [2.05, 4.69) is 48.7 Å². The zero-order valence-corrected chi connectivity index (χ0v) is 8.72. The van der Waals surface area contributed by atoms with Crippen molar-refractivity contribution in [2.24, 2.45) is 0 Å². The Balaban J connectivity index is 2.22. The lowest BCUT2D eigenvalue weighted by atomic mass is 9.75. The van der Waals surface area contributed by atoms with E-state index < -0.39 is 0 Å². The largest absolute Gasteiger partial charge is 0.366 e. The summed E-state index contributed by atoms with van der Waals surface area (Å²) in [6.07, 6.45) is 1.22. The normalized spacial score (nSPS) is 39.0. The van der Waals surface area contributed by atoms with E-state index in [-0.39, 0.29) is 11.1 Å². The standard InChI is InChI=1S/C12H16N2/c1-11-7-8-13-12(11,2)14-10-6-4-3-5-9(10)11/h3-6,13-14H,7-8H2,1-2H3/t11-,12-/m1/s1. The summed E-state index contributed by atoms with van der Waals surface area (Å²) in [6, 6.07) is 8.65. The number of benzene rings is 1. The number of hydrogen-bond acceptors (Lipinski definition) is 2. The molecule has 0 aliphatic carbocycles. The molecule has 0 spiro atoms. The molecule has 2 N–H and O–H groups in total. The van der Waals surface area contributed by atoms with E-state index in [1.54, 1.807) is 0 Å². The zero-order valence-electron chi connectivity index (χ0n) is 8.72. The second-order valence-corrected chi connectivity index (χ2v) is 4.80. The van der Waals surface area contributed by atoms with Crippen LogP contribution in [0.5, 0.6) is 0 Å². The van der Waals surface area contributed by atoms with Gasteiger partial charge < -0.3 is 5.32 Å². The van der Waals surface area contributed by atoms with Crippen molar-refractivity contribution in [3.63, 3.8) is 0 Å². The van der Waals surface area contributed by atoms with Crippen molar-refractivity contribution in [2.75, 3.05) is 11.9 Å². The zero-order chi connectivity index (χ0) is 9.81. The van der Waals surface area contributed by atoms with Crippen LogP contribution in [-0.4, -0.2) is 12.2 Å². The fraction of sp³-hybridized carbons (Fsp3) is 0.500. The van der Waals surface area contributed by atoms with Gasteiger partial charge in [-0.3, -0.25) is 5.32 Å². The Bertz CT molecular complexity index is 388. The lowest BCUT2D eigenvalue weighted by molar-refractivity contribution is 0.332. The van der Waals surface area contributed by atoms with Crippen molar-refractivity contribution >= 4 is 5.69 Å². The maximum absolute atomic E-state index is 3.60. The third-order valence-corrected chi connectivity index (χ3v) is 4.11. The van der Waals surface area contributed by atoms with E-state index in [1.165, 1.54) is 17.7 Å². The third kappa shape index (κ3) is 0.758. The Morgan fingerprint density at radius 1 is 1.21 bits per heavy atom. The molecule has 1 aromatic carbocycles. The lowest BCUT2D eigenvalue weighted by Crippen LogP contribution is -2.52. The van der Waals surface area contributed by atoms with Crippen molar-refractivity contribution in [2.45, 2.75) is 31.3 Å². The van der Waals surface area contributed by atoms with Gasteiger partial charge in [-0.1, -0.05) is 25.1 Å². The molecule has 1 fully saturated rings. The summed E-state index contributed by atoms with van der Waals surface area (Å²) >= 11 is 0. The fourth-order valence-electron chi connectivity index (χ4n) is 2.94. The fourth-order valence-corrected chi connectivity index (χ4v) is 2.94. The van der Waals surface area contributed by atoms with Crippen molar-refractivity contribution < 1.29 is 0 Å². The number of fused-ring (bicyclic) bond motifs is 3. The molecule has 0 radical (unpaired) electrons. The SMILES string of the molecule is C[C@]12NCC[C@]1(C)c1ccccc1N2. The monoisotopic (exact) mass is 188 g/mol. The summed E-state index contributed by atoms with van der Waals surface area (Å²) in [4.78, 5) is 0. The van der Waals surface area contributed by atoms with Gasteiger partial charge in [-0.2, -0.15) is 0 Å². The van der Waals surface area contributed by atoms with Crippen LogP contribution in [0.1, 0.15) is 25.8 Å². The first-order chi connectivity index (χ1) is 6.66. The van der Waals surface area contributed by atoms with Gasteiger partial charge in [-0.05, 0) is 31.5 Å². The van der Waals surface area contributed by atoms with E-state index in [9.17, 15) is 0 Å². The average Bonchev–Trinajstić information content (AvgIpc) is 2.54. The van der Waals surface area contributed by atoms with E-state index in [4.69, 9.17) is 0 Å². The number of anilines is 1. The van der Waals surface area contributed by atoms with Crippen LogP contribution < -0.4 is 10.6 Å². The number of nitrogens with one attached hydrogen (secondary N) is 2. The van der Waals surface area contributed by atoms with Crippen molar-refractivity contribution in [1.29, 1.82) is 0 Å².